The molecule has 0 saturated heterocycles. The summed E-state index contributed by atoms with van der Waals surface area (Å²) in [5.74, 6) is 2.22. The number of rotatable bonds is 7. The summed E-state index contributed by atoms with van der Waals surface area (Å²) in [6, 6.07) is 7.28. The normalized spacial score (nSPS) is 13.8. The van der Waals surface area contributed by atoms with Crippen molar-refractivity contribution < 1.29 is 9.53 Å². The molecule has 2 aromatic rings. The monoisotopic (exact) mass is 315 g/mol. The molecular formula is C16H21N5O2. The molecule has 1 aromatic carbocycles. The summed E-state index contributed by atoms with van der Waals surface area (Å²) in [6.07, 6.45) is 3.17. The molecule has 2 amide bonds. The Balaban J connectivity index is 1.52. The number of methoxy groups -OCH3 is 1. The smallest absolute Gasteiger partial charge is 0.319 e. The van der Waals surface area contributed by atoms with Gasteiger partial charge in [-0.2, -0.15) is 5.10 Å². The van der Waals surface area contributed by atoms with Gasteiger partial charge in [-0.25, -0.2) is 9.78 Å². The van der Waals surface area contributed by atoms with Crippen LogP contribution in [-0.4, -0.2) is 41.5 Å². The summed E-state index contributed by atoms with van der Waals surface area (Å²) < 4.78 is 4.93. The SMILES string of the molecule is COCCCNC(=O)Nc1ccc(-c2n[nH]c(C3CC3)n2)cc1. The van der Waals surface area contributed by atoms with Crippen LogP contribution in [0.5, 0.6) is 0 Å². The van der Waals surface area contributed by atoms with Gasteiger partial charge in [0.05, 0.1) is 0 Å². The molecule has 3 rings (SSSR count). The molecule has 23 heavy (non-hydrogen) atoms. The quantitative estimate of drug-likeness (QED) is 0.685. The van der Waals surface area contributed by atoms with Crippen molar-refractivity contribution >= 4 is 11.7 Å². The number of nitrogens with one attached hydrogen (secondary N) is 3. The Bertz CT molecular complexity index is 649. The second-order valence-corrected chi connectivity index (χ2v) is 5.62. The number of ether oxygens (including phenoxy) is 1. The minimum Gasteiger partial charge on any atom is -0.385 e. The number of aromatic amines is 1. The van der Waals surface area contributed by atoms with Gasteiger partial charge in [0.25, 0.3) is 0 Å². The molecule has 1 heterocycles. The van der Waals surface area contributed by atoms with Crippen LogP contribution in [0.2, 0.25) is 0 Å². The molecule has 0 atom stereocenters. The maximum Gasteiger partial charge on any atom is 0.319 e. The van der Waals surface area contributed by atoms with Crippen molar-refractivity contribution in [3.05, 3.63) is 30.1 Å². The van der Waals surface area contributed by atoms with E-state index in [4.69, 9.17) is 4.74 Å². The number of urea groups is 1. The van der Waals surface area contributed by atoms with Crippen molar-refractivity contribution in [2.75, 3.05) is 25.6 Å². The number of anilines is 1. The molecule has 3 N–H and O–H groups in total. The highest BCUT2D eigenvalue weighted by Crippen LogP contribution is 2.38. The maximum atomic E-state index is 11.7. The minimum atomic E-state index is -0.220. The molecule has 1 fully saturated rings. The highest BCUT2D eigenvalue weighted by Gasteiger charge is 2.27. The van der Waals surface area contributed by atoms with Crippen molar-refractivity contribution in [1.82, 2.24) is 20.5 Å². The van der Waals surface area contributed by atoms with Gasteiger partial charge >= 0.3 is 6.03 Å². The highest BCUT2D eigenvalue weighted by molar-refractivity contribution is 5.89. The van der Waals surface area contributed by atoms with Crippen LogP contribution in [0.3, 0.4) is 0 Å². The topological polar surface area (TPSA) is 91.9 Å². The predicted molar refractivity (Wildman–Crippen MR) is 87.3 cm³/mol. The average Bonchev–Trinajstić information content (AvgIpc) is 3.30. The van der Waals surface area contributed by atoms with Crippen molar-refractivity contribution in [3.63, 3.8) is 0 Å². The fourth-order valence-electron chi connectivity index (χ4n) is 2.24. The lowest BCUT2D eigenvalue weighted by Gasteiger charge is -2.07. The van der Waals surface area contributed by atoms with E-state index in [9.17, 15) is 4.79 Å². The molecule has 7 nitrogen and oxygen atoms in total. The lowest BCUT2D eigenvalue weighted by Crippen LogP contribution is -2.29. The standard InChI is InChI=1S/C16H21N5O2/c1-23-10-2-9-17-16(22)18-13-7-5-12(6-8-13)15-19-14(20-21-15)11-3-4-11/h5-8,11H,2-4,9-10H2,1H3,(H2,17,18,22)(H,19,20,21). The number of H-pyrrole nitrogens is 1. The Hall–Kier alpha value is -2.41. The molecule has 0 radical (unpaired) electrons. The second-order valence-electron chi connectivity index (χ2n) is 5.62. The van der Waals surface area contributed by atoms with E-state index in [1.807, 2.05) is 24.3 Å². The fraction of sp³-hybridized carbons (Fsp3) is 0.438. The first-order valence-corrected chi connectivity index (χ1v) is 7.83. The van der Waals surface area contributed by atoms with Gasteiger partial charge in [-0.15, -0.1) is 0 Å². The van der Waals surface area contributed by atoms with Crippen LogP contribution in [0.15, 0.2) is 24.3 Å². The van der Waals surface area contributed by atoms with E-state index in [0.717, 1.165) is 23.5 Å². The zero-order chi connectivity index (χ0) is 16.1. The van der Waals surface area contributed by atoms with Crippen molar-refractivity contribution in [1.29, 1.82) is 0 Å². The second kappa shape index (κ2) is 7.23. The number of benzene rings is 1. The summed E-state index contributed by atoms with van der Waals surface area (Å²) in [7, 11) is 1.64. The third-order valence-electron chi connectivity index (χ3n) is 3.68. The largest absolute Gasteiger partial charge is 0.385 e. The number of nitrogens with zero attached hydrogens (tertiary/aromatic N) is 2. The van der Waals surface area contributed by atoms with Crippen LogP contribution in [0.25, 0.3) is 11.4 Å². The van der Waals surface area contributed by atoms with Crippen LogP contribution < -0.4 is 10.6 Å². The summed E-state index contributed by atoms with van der Waals surface area (Å²) in [5, 5.41) is 12.8. The first-order valence-electron chi connectivity index (χ1n) is 7.83. The fourth-order valence-corrected chi connectivity index (χ4v) is 2.24. The molecule has 122 valence electrons. The van der Waals surface area contributed by atoms with Gasteiger partial charge in [-0.3, -0.25) is 5.10 Å². The lowest BCUT2D eigenvalue weighted by atomic mass is 10.2. The zero-order valence-electron chi connectivity index (χ0n) is 13.1. The Labute approximate surface area is 134 Å². The Morgan fingerprint density at radius 1 is 1.35 bits per heavy atom. The van der Waals surface area contributed by atoms with Gasteiger partial charge in [-0.05, 0) is 43.5 Å². The molecule has 1 saturated carbocycles. The lowest BCUT2D eigenvalue weighted by molar-refractivity contribution is 0.194. The zero-order valence-corrected chi connectivity index (χ0v) is 13.1. The molecule has 7 heteroatoms. The summed E-state index contributed by atoms with van der Waals surface area (Å²) in [6.45, 7) is 1.22. The molecule has 0 unspecified atom stereocenters. The van der Waals surface area contributed by atoms with Gasteiger partial charge in [0, 0.05) is 37.4 Å². The Morgan fingerprint density at radius 3 is 2.83 bits per heavy atom. The number of aromatic nitrogens is 3. The Morgan fingerprint density at radius 2 is 2.13 bits per heavy atom. The molecular weight excluding hydrogens is 294 g/mol. The highest BCUT2D eigenvalue weighted by atomic mass is 16.5. The van der Waals surface area contributed by atoms with Crippen molar-refractivity contribution in [3.8, 4) is 11.4 Å². The summed E-state index contributed by atoms with van der Waals surface area (Å²) in [4.78, 5) is 16.2. The third kappa shape index (κ3) is 4.29. The molecule has 1 aromatic heterocycles. The molecule has 0 aliphatic heterocycles. The van der Waals surface area contributed by atoms with E-state index in [1.54, 1.807) is 7.11 Å². The molecule has 0 spiro atoms. The van der Waals surface area contributed by atoms with E-state index in [-0.39, 0.29) is 6.03 Å². The predicted octanol–water partition coefficient (Wildman–Crippen LogP) is 2.51. The summed E-state index contributed by atoms with van der Waals surface area (Å²) >= 11 is 0. The first-order chi connectivity index (χ1) is 11.3. The van der Waals surface area contributed by atoms with Gasteiger partial charge in [0.15, 0.2) is 5.82 Å². The van der Waals surface area contributed by atoms with Gasteiger partial charge < -0.3 is 15.4 Å². The van der Waals surface area contributed by atoms with Crippen LogP contribution >= 0.6 is 0 Å². The first kappa shape index (κ1) is 15.5. The molecule has 1 aliphatic carbocycles. The molecule has 1 aliphatic rings. The number of amides is 2. The number of hydrogen-bond acceptors (Lipinski definition) is 4. The average molecular weight is 315 g/mol. The number of carbonyl (C=O) groups excluding carboxylic acids is 1. The minimum absolute atomic E-state index is 0.220. The van der Waals surface area contributed by atoms with Crippen LogP contribution in [0.4, 0.5) is 10.5 Å². The van der Waals surface area contributed by atoms with E-state index in [2.05, 4.69) is 25.8 Å². The van der Waals surface area contributed by atoms with Crippen LogP contribution in [0.1, 0.15) is 31.0 Å². The van der Waals surface area contributed by atoms with Crippen molar-refractivity contribution in [2.45, 2.75) is 25.2 Å². The van der Waals surface area contributed by atoms with Gasteiger partial charge in [-0.1, -0.05) is 0 Å². The maximum absolute atomic E-state index is 11.7. The number of hydrogen-bond donors (Lipinski definition) is 3. The van der Waals surface area contributed by atoms with Gasteiger partial charge in [0.1, 0.15) is 5.82 Å². The van der Waals surface area contributed by atoms with Crippen LogP contribution in [0, 0.1) is 0 Å². The van der Waals surface area contributed by atoms with Gasteiger partial charge in [0.2, 0.25) is 0 Å². The van der Waals surface area contributed by atoms with E-state index >= 15 is 0 Å². The van der Waals surface area contributed by atoms with Crippen LogP contribution in [-0.2, 0) is 4.74 Å². The van der Waals surface area contributed by atoms with Crippen molar-refractivity contribution in [2.24, 2.45) is 0 Å². The third-order valence-corrected chi connectivity index (χ3v) is 3.68. The molecule has 0 bridgehead atoms. The van der Waals surface area contributed by atoms with E-state index in [0.29, 0.717) is 24.9 Å². The number of carbonyl (C=O) groups is 1. The van der Waals surface area contributed by atoms with E-state index < -0.39 is 0 Å². The Kier molecular flexibility index (Phi) is 4.87. The summed E-state index contributed by atoms with van der Waals surface area (Å²) in [5.41, 5.74) is 1.66. The van der Waals surface area contributed by atoms with E-state index in [1.165, 1.54) is 12.8 Å².